The number of aromatic nitrogens is 3. The van der Waals surface area contributed by atoms with Crippen LogP contribution < -0.4 is 0 Å². The highest BCUT2D eigenvalue weighted by Crippen LogP contribution is 2.31. The molecule has 2 heterocycles. The molecule has 1 aromatic carbocycles. The molecule has 130 valence electrons. The molecule has 0 fully saturated rings. The zero-order chi connectivity index (χ0) is 17.5. The summed E-state index contributed by atoms with van der Waals surface area (Å²) in [5, 5.41) is 8.58. The molecule has 2 aromatic heterocycles. The summed E-state index contributed by atoms with van der Waals surface area (Å²) in [5.74, 6) is 2.49. The first-order valence-electron chi connectivity index (χ1n) is 8.28. The van der Waals surface area contributed by atoms with Crippen molar-refractivity contribution in [1.29, 1.82) is 0 Å². The fraction of sp³-hybridized carbons (Fsp3) is 0.316. The van der Waals surface area contributed by atoms with Crippen LogP contribution in [-0.4, -0.2) is 20.9 Å². The van der Waals surface area contributed by atoms with Gasteiger partial charge in [-0.05, 0) is 35.6 Å². The maximum absolute atomic E-state index is 4.34. The quantitative estimate of drug-likeness (QED) is 0.465. The largest absolute Gasteiger partial charge is 0.261 e. The second-order valence-corrected chi connectivity index (χ2v) is 9.48. The summed E-state index contributed by atoms with van der Waals surface area (Å²) >= 11 is 5.19. The highest BCUT2D eigenvalue weighted by atomic mass is 32.2. The van der Waals surface area contributed by atoms with Crippen molar-refractivity contribution in [2.75, 3.05) is 5.75 Å². The lowest BCUT2D eigenvalue weighted by Crippen LogP contribution is -1.91. The first kappa shape index (κ1) is 18.4. The van der Waals surface area contributed by atoms with Gasteiger partial charge >= 0.3 is 0 Å². The van der Waals surface area contributed by atoms with Crippen LogP contribution in [0.2, 0.25) is 0 Å². The number of rotatable bonds is 8. The maximum atomic E-state index is 4.34. The van der Waals surface area contributed by atoms with Gasteiger partial charge in [-0.1, -0.05) is 79.0 Å². The van der Waals surface area contributed by atoms with Crippen LogP contribution in [0.3, 0.4) is 0 Å². The molecule has 0 aliphatic heterocycles. The zero-order valence-electron chi connectivity index (χ0n) is 14.4. The van der Waals surface area contributed by atoms with E-state index in [1.54, 1.807) is 34.9 Å². The molecule has 3 aromatic rings. The van der Waals surface area contributed by atoms with Gasteiger partial charge in [0.15, 0.2) is 8.68 Å². The van der Waals surface area contributed by atoms with Crippen molar-refractivity contribution < 1.29 is 0 Å². The summed E-state index contributed by atoms with van der Waals surface area (Å²) in [6, 6.07) is 14.9. The Hall–Kier alpha value is -1.37. The number of pyridine rings is 1. The van der Waals surface area contributed by atoms with Crippen LogP contribution >= 0.6 is 34.9 Å². The van der Waals surface area contributed by atoms with E-state index in [1.807, 2.05) is 18.3 Å². The molecule has 0 unspecified atom stereocenters. The standard InChI is InChI=1S/C19H21N3S3/c1-14(2)16-8-6-15(7-9-16)13-24-19-22-21-18(25-19)23-12-10-17-5-3-4-11-20-17/h3-9,11,14H,10,12-13H2,1-2H3. The highest BCUT2D eigenvalue weighted by Gasteiger charge is 2.07. The molecular weight excluding hydrogens is 366 g/mol. The third kappa shape index (κ3) is 5.83. The summed E-state index contributed by atoms with van der Waals surface area (Å²) in [5.41, 5.74) is 3.84. The average Bonchev–Trinajstić information content (AvgIpc) is 3.09. The van der Waals surface area contributed by atoms with E-state index in [0.29, 0.717) is 5.92 Å². The first-order valence-corrected chi connectivity index (χ1v) is 11.1. The Kier molecular flexibility index (Phi) is 6.90. The number of nitrogens with zero attached hydrogens (tertiary/aromatic N) is 3. The van der Waals surface area contributed by atoms with Gasteiger partial charge < -0.3 is 0 Å². The SMILES string of the molecule is CC(C)c1ccc(CSc2nnc(SCCc3ccccn3)s2)cc1. The van der Waals surface area contributed by atoms with Crippen molar-refractivity contribution in [2.45, 2.75) is 40.6 Å². The van der Waals surface area contributed by atoms with Gasteiger partial charge in [-0.25, -0.2) is 0 Å². The van der Waals surface area contributed by atoms with E-state index in [2.05, 4.69) is 59.4 Å². The molecule has 25 heavy (non-hydrogen) atoms. The minimum Gasteiger partial charge on any atom is -0.261 e. The van der Waals surface area contributed by atoms with Gasteiger partial charge in [0.25, 0.3) is 0 Å². The lowest BCUT2D eigenvalue weighted by molar-refractivity contribution is 0.866. The van der Waals surface area contributed by atoms with Gasteiger partial charge in [0.1, 0.15) is 0 Å². The monoisotopic (exact) mass is 387 g/mol. The topological polar surface area (TPSA) is 38.7 Å². The molecule has 0 radical (unpaired) electrons. The van der Waals surface area contributed by atoms with E-state index in [-0.39, 0.29) is 0 Å². The molecule has 0 amide bonds. The molecule has 0 aliphatic rings. The lowest BCUT2D eigenvalue weighted by Gasteiger charge is -2.05. The predicted octanol–water partition coefficient (Wildman–Crippen LogP) is 5.68. The van der Waals surface area contributed by atoms with Crippen LogP contribution in [0.25, 0.3) is 0 Å². The van der Waals surface area contributed by atoms with Gasteiger partial charge in [0.05, 0.1) is 0 Å². The van der Waals surface area contributed by atoms with Crippen molar-refractivity contribution >= 4 is 34.9 Å². The van der Waals surface area contributed by atoms with Crippen LogP contribution in [0.4, 0.5) is 0 Å². The normalized spacial score (nSPS) is 11.2. The molecule has 6 heteroatoms. The van der Waals surface area contributed by atoms with Crippen molar-refractivity contribution in [2.24, 2.45) is 0 Å². The molecule has 0 spiro atoms. The number of thioether (sulfide) groups is 2. The minimum absolute atomic E-state index is 0.579. The van der Waals surface area contributed by atoms with E-state index in [0.717, 1.165) is 32.3 Å². The number of benzene rings is 1. The smallest absolute Gasteiger partial charge is 0.175 e. The van der Waals surface area contributed by atoms with Gasteiger partial charge in [0, 0.05) is 23.4 Å². The van der Waals surface area contributed by atoms with Crippen LogP contribution in [0.5, 0.6) is 0 Å². The second-order valence-electron chi connectivity index (χ2n) is 5.94. The fourth-order valence-corrected chi connectivity index (χ4v) is 5.25. The van der Waals surface area contributed by atoms with Crippen LogP contribution in [-0.2, 0) is 12.2 Å². The number of hydrogen-bond acceptors (Lipinski definition) is 6. The molecule has 3 nitrogen and oxygen atoms in total. The lowest BCUT2D eigenvalue weighted by atomic mass is 10.0. The van der Waals surface area contributed by atoms with Crippen molar-refractivity contribution in [3.63, 3.8) is 0 Å². The summed E-state index contributed by atoms with van der Waals surface area (Å²) in [6.07, 6.45) is 2.79. The molecular formula is C19H21N3S3. The van der Waals surface area contributed by atoms with Gasteiger partial charge in [-0.3, -0.25) is 4.98 Å². The van der Waals surface area contributed by atoms with Gasteiger partial charge in [0.2, 0.25) is 0 Å². The molecule has 0 saturated carbocycles. The Labute approximate surface area is 161 Å². The predicted molar refractivity (Wildman–Crippen MR) is 109 cm³/mol. The van der Waals surface area contributed by atoms with Crippen LogP contribution in [0.1, 0.15) is 36.6 Å². The highest BCUT2D eigenvalue weighted by molar-refractivity contribution is 8.02. The number of aryl methyl sites for hydroxylation is 1. The van der Waals surface area contributed by atoms with Crippen molar-refractivity contribution in [3.05, 3.63) is 65.5 Å². The molecule has 0 bridgehead atoms. The van der Waals surface area contributed by atoms with Crippen molar-refractivity contribution in [3.8, 4) is 0 Å². The Bertz CT molecular complexity index is 770. The summed E-state index contributed by atoms with van der Waals surface area (Å²) in [7, 11) is 0. The minimum atomic E-state index is 0.579. The van der Waals surface area contributed by atoms with E-state index >= 15 is 0 Å². The van der Waals surface area contributed by atoms with E-state index in [1.165, 1.54) is 11.1 Å². The fourth-order valence-electron chi connectivity index (χ4n) is 2.25. The average molecular weight is 388 g/mol. The first-order chi connectivity index (χ1) is 12.2. The summed E-state index contributed by atoms with van der Waals surface area (Å²) in [6.45, 7) is 4.44. The summed E-state index contributed by atoms with van der Waals surface area (Å²) in [4.78, 5) is 4.34. The van der Waals surface area contributed by atoms with E-state index in [4.69, 9.17) is 0 Å². The van der Waals surface area contributed by atoms with Crippen LogP contribution in [0.15, 0.2) is 57.3 Å². The third-order valence-corrected chi connectivity index (χ3v) is 6.97. The zero-order valence-corrected chi connectivity index (χ0v) is 16.8. The molecule has 0 saturated heterocycles. The molecule has 0 aliphatic carbocycles. The van der Waals surface area contributed by atoms with Gasteiger partial charge in [-0.15, -0.1) is 10.2 Å². The maximum Gasteiger partial charge on any atom is 0.175 e. The molecule has 0 N–H and O–H groups in total. The molecule has 0 atom stereocenters. The Morgan fingerprint density at radius 1 is 0.960 bits per heavy atom. The third-order valence-electron chi connectivity index (χ3n) is 3.71. The Morgan fingerprint density at radius 3 is 2.40 bits per heavy atom. The summed E-state index contributed by atoms with van der Waals surface area (Å²) < 4.78 is 2.07. The van der Waals surface area contributed by atoms with Crippen molar-refractivity contribution in [1.82, 2.24) is 15.2 Å². The number of hydrogen-bond donors (Lipinski definition) is 0. The second kappa shape index (κ2) is 9.36. The molecule has 3 rings (SSSR count). The van der Waals surface area contributed by atoms with Crippen LogP contribution in [0, 0.1) is 0 Å². The van der Waals surface area contributed by atoms with Gasteiger partial charge in [-0.2, -0.15) is 0 Å². The van der Waals surface area contributed by atoms with E-state index < -0.39 is 0 Å². The Morgan fingerprint density at radius 2 is 1.72 bits per heavy atom. The van der Waals surface area contributed by atoms with E-state index in [9.17, 15) is 0 Å². The Balaban J connectivity index is 1.45.